The number of aromatic nitrogens is 4. The van der Waals surface area contributed by atoms with Crippen LogP contribution in [0.2, 0.25) is 0 Å². The molecule has 0 aliphatic carbocycles. The number of nitrogens with one attached hydrogen (secondary N) is 1. The molecular formula is C11H15N5O4. The van der Waals surface area contributed by atoms with Gasteiger partial charge in [-0.1, -0.05) is 0 Å². The van der Waals surface area contributed by atoms with Gasteiger partial charge in [0.05, 0.1) is 12.7 Å². The van der Waals surface area contributed by atoms with Gasteiger partial charge in [0, 0.05) is 6.42 Å². The zero-order chi connectivity index (χ0) is 14.4. The molecule has 0 saturated carbocycles. The molecule has 1 aliphatic rings. The molecule has 9 heteroatoms. The van der Waals surface area contributed by atoms with Gasteiger partial charge in [-0.05, 0) is 6.92 Å². The number of aliphatic hydroxyl groups is 2. The number of nitrogens with two attached hydrogens (primary N) is 1. The van der Waals surface area contributed by atoms with E-state index >= 15 is 0 Å². The lowest BCUT2D eigenvalue weighted by Gasteiger charge is -2.15. The molecule has 1 aliphatic heterocycles. The molecule has 5 N–H and O–H groups in total. The van der Waals surface area contributed by atoms with Crippen LogP contribution in [0.1, 0.15) is 18.5 Å². The average Bonchev–Trinajstić information content (AvgIpc) is 2.89. The van der Waals surface area contributed by atoms with E-state index in [1.54, 1.807) is 11.5 Å². The second-order valence-electron chi connectivity index (χ2n) is 4.77. The first-order chi connectivity index (χ1) is 9.51. The van der Waals surface area contributed by atoms with Crippen LogP contribution in [0.3, 0.4) is 0 Å². The second-order valence-corrected chi connectivity index (χ2v) is 4.77. The fourth-order valence-corrected chi connectivity index (χ4v) is 2.49. The van der Waals surface area contributed by atoms with Crippen molar-refractivity contribution in [3.63, 3.8) is 0 Å². The minimum Gasteiger partial charge on any atom is -0.394 e. The molecule has 3 atom stereocenters. The summed E-state index contributed by atoms with van der Waals surface area (Å²) in [5.74, 6) is 0.514. The zero-order valence-electron chi connectivity index (χ0n) is 10.8. The average molecular weight is 281 g/mol. The predicted molar refractivity (Wildman–Crippen MR) is 68.9 cm³/mol. The highest BCUT2D eigenvalue weighted by Crippen LogP contribution is 2.31. The van der Waals surface area contributed by atoms with Crippen molar-refractivity contribution in [1.82, 2.24) is 19.5 Å². The number of aromatic amines is 1. The summed E-state index contributed by atoms with van der Waals surface area (Å²) in [6.07, 6.45) is -1.69. The van der Waals surface area contributed by atoms with Gasteiger partial charge in [-0.15, -0.1) is 0 Å². The minimum atomic E-state index is -0.777. The van der Waals surface area contributed by atoms with Crippen LogP contribution in [-0.2, 0) is 4.74 Å². The van der Waals surface area contributed by atoms with Crippen LogP contribution >= 0.6 is 0 Å². The van der Waals surface area contributed by atoms with Crippen molar-refractivity contribution in [1.29, 1.82) is 0 Å². The van der Waals surface area contributed by atoms with E-state index in [9.17, 15) is 9.90 Å². The molecule has 0 bridgehead atoms. The van der Waals surface area contributed by atoms with Crippen LogP contribution in [0, 0.1) is 6.92 Å². The summed E-state index contributed by atoms with van der Waals surface area (Å²) in [6.45, 7) is 1.43. The Balaban J connectivity index is 2.13. The van der Waals surface area contributed by atoms with E-state index in [1.165, 1.54) is 0 Å². The van der Waals surface area contributed by atoms with E-state index < -0.39 is 24.0 Å². The first-order valence-electron chi connectivity index (χ1n) is 6.20. The summed E-state index contributed by atoms with van der Waals surface area (Å²) in [6, 6.07) is 0. The maximum absolute atomic E-state index is 11.8. The first kappa shape index (κ1) is 13.0. The molecule has 2 aromatic rings. The number of ether oxygens (including phenoxy) is 1. The van der Waals surface area contributed by atoms with Gasteiger partial charge in [-0.25, -0.2) is 4.98 Å². The van der Waals surface area contributed by atoms with Crippen molar-refractivity contribution in [2.45, 2.75) is 31.8 Å². The largest absolute Gasteiger partial charge is 0.394 e. The van der Waals surface area contributed by atoms with Crippen LogP contribution in [0.25, 0.3) is 11.2 Å². The Labute approximate surface area is 113 Å². The number of hydrogen-bond acceptors (Lipinski definition) is 7. The number of hydrogen-bond donors (Lipinski definition) is 4. The Bertz CT molecular complexity index is 709. The third kappa shape index (κ3) is 1.87. The minimum absolute atomic E-state index is 0.0131. The van der Waals surface area contributed by atoms with E-state index in [-0.39, 0.29) is 24.5 Å². The summed E-state index contributed by atoms with van der Waals surface area (Å²) < 4.78 is 7.18. The number of imidazole rings is 1. The zero-order valence-corrected chi connectivity index (χ0v) is 10.8. The number of nitrogens with zero attached hydrogens (tertiary/aromatic N) is 3. The summed E-state index contributed by atoms with van der Waals surface area (Å²) in [5, 5.41) is 18.9. The highest BCUT2D eigenvalue weighted by atomic mass is 16.5. The Morgan fingerprint density at radius 1 is 1.55 bits per heavy atom. The molecule has 0 amide bonds. The van der Waals surface area contributed by atoms with Crippen molar-refractivity contribution >= 4 is 17.1 Å². The topological polar surface area (TPSA) is 139 Å². The highest BCUT2D eigenvalue weighted by Gasteiger charge is 2.36. The van der Waals surface area contributed by atoms with Gasteiger partial charge in [0.2, 0.25) is 5.95 Å². The van der Waals surface area contributed by atoms with Crippen LogP contribution in [0.15, 0.2) is 4.79 Å². The number of H-pyrrole nitrogens is 1. The SMILES string of the molecule is Cc1nc2c(=O)[nH]c(N)nc2n1[C@H]1CC(O)[C@@H](CO)O1. The third-order valence-corrected chi connectivity index (χ3v) is 3.42. The van der Waals surface area contributed by atoms with Crippen LogP contribution in [-0.4, -0.2) is 48.5 Å². The molecule has 3 rings (SSSR count). The number of fused-ring (bicyclic) bond motifs is 1. The van der Waals surface area contributed by atoms with Gasteiger partial charge >= 0.3 is 0 Å². The second kappa shape index (κ2) is 4.54. The molecular weight excluding hydrogens is 266 g/mol. The van der Waals surface area contributed by atoms with Gasteiger partial charge < -0.3 is 20.7 Å². The Kier molecular flexibility index (Phi) is 2.96. The number of aliphatic hydroxyl groups excluding tert-OH is 2. The summed E-state index contributed by atoms with van der Waals surface area (Å²) in [4.78, 5) is 22.4. The molecule has 0 aromatic carbocycles. The standard InChI is InChI=1S/C11H15N5O4/c1-4-13-8-9(14-11(12)15-10(8)19)16(4)7-2-5(18)6(3-17)20-7/h5-7,17-18H,2-3H2,1H3,(H3,12,14,15,19)/t5?,6-,7-/m1/s1. The lowest BCUT2D eigenvalue weighted by molar-refractivity contribution is -0.0437. The molecule has 20 heavy (non-hydrogen) atoms. The van der Waals surface area contributed by atoms with Crippen molar-refractivity contribution in [2.24, 2.45) is 0 Å². The van der Waals surface area contributed by atoms with Gasteiger partial charge in [0.25, 0.3) is 5.56 Å². The molecule has 108 valence electrons. The molecule has 2 aromatic heterocycles. The predicted octanol–water partition coefficient (Wildman–Crippen LogP) is -1.35. The van der Waals surface area contributed by atoms with Crippen LogP contribution < -0.4 is 11.3 Å². The normalized spacial score (nSPS) is 26.4. The number of rotatable bonds is 2. The van der Waals surface area contributed by atoms with Crippen LogP contribution in [0.4, 0.5) is 5.95 Å². The van der Waals surface area contributed by atoms with Gasteiger partial charge in [-0.2, -0.15) is 4.98 Å². The number of nitrogen functional groups attached to an aromatic ring is 1. The monoisotopic (exact) mass is 281 g/mol. The highest BCUT2D eigenvalue weighted by molar-refractivity contribution is 5.71. The van der Waals surface area contributed by atoms with Gasteiger partial charge in [0.15, 0.2) is 11.2 Å². The number of anilines is 1. The van der Waals surface area contributed by atoms with Crippen LogP contribution in [0.5, 0.6) is 0 Å². The van der Waals surface area contributed by atoms with Crippen molar-refractivity contribution < 1.29 is 14.9 Å². The van der Waals surface area contributed by atoms with Crippen molar-refractivity contribution in [2.75, 3.05) is 12.3 Å². The maximum atomic E-state index is 11.8. The number of aryl methyl sites for hydroxylation is 1. The fourth-order valence-electron chi connectivity index (χ4n) is 2.49. The third-order valence-electron chi connectivity index (χ3n) is 3.42. The summed E-state index contributed by atoms with van der Waals surface area (Å²) in [5.41, 5.74) is 5.59. The molecule has 9 nitrogen and oxygen atoms in total. The fraction of sp³-hybridized carbons (Fsp3) is 0.545. The molecule has 0 radical (unpaired) electrons. The Morgan fingerprint density at radius 2 is 2.30 bits per heavy atom. The van der Waals surface area contributed by atoms with Gasteiger partial charge in [-0.3, -0.25) is 14.3 Å². The summed E-state index contributed by atoms with van der Waals surface area (Å²) in [7, 11) is 0. The Morgan fingerprint density at radius 3 is 2.95 bits per heavy atom. The van der Waals surface area contributed by atoms with Crippen molar-refractivity contribution in [3.8, 4) is 0 Å². The first-order valence-corrected chi connectivity index (χ1v) is 6.20. The quantitative estimate of drug-likeness (QED) is 0.533. The molecule has 1 unspecified atom stereocenters. The molecule has 0 spiro atoms. The molecule has 3 heterocycles. The smallest absolute Gasteiger partial charge is 0.280 e. The maximum Gasteiger partial charge on any atom is 0.280 e. The Hall–Kier alpha value is -1.97. The van der Waals surface area contributed by atoms with E-state index in [0.717, 1.165) is 0 Å². The van der Waals surface area contributed by atoms with E-state index in [1.807, 2.05) is 0 Å². The van der Waals surface area contributed by atoms with Crippen molar-refractivity contribution in [3.05, 3.63) is 16.2 Å². The van der Waals surface area contributed by atoms with E-state index in [4.69, 9.17) is 15.6 Å². The van der Waals surface area contributed by atoms with E-state index in [0.29, 0.717) is 11.5 Å². The lowest BCUT2D eigenvalue weighted by Crippen LogP contribution is -2.24. The molecule has 1 saturated heterocycles. The summed E-state index contributed by atoms with van der Waals surface area (Å²) >= 11 is 0. The van der Waals surface area contributed by atoms with E-state index in [2.05, 4.69) is 15.0 Å². The molecule has 1 fully saturated rings. The lowest BCUT2D eigenvalue weighted by atomic mass is 10.2. The van der Waals surface area contributed by atoms with Gasteiger partial charge in [0.1, 0.15) is 18.2 Å².